The van der Waals surface area contributed by atoms with Crippen LogP contribution in [-0.2, 0) is 10.0 Å². The SMILES string of the molecule is Cc1c(NS(C)(=O)=O)cccc1C(=O)Nc1nnc(SC(C)C)s1. The monoisotopic (exact) mass is 386 g/mol. The Morgan fingerprint density at radius 3 is 2.62 bits per heavy atom. The molecule has 2 aromatic rings. The average Bonchev–Trinajstić information content (AvgIpc) is 2.85. The molecule has 0 saturated carbocycles. The van der Waals surface area contributed by atoms with Gasteiger partial charge in [-0.25, -0.2) is 8.42 Å². The van der Waals surface area contributed by atoms with Gasteiger partial charge in [0.15, 0.2) is 4.34 Å². The maximum atomic E-state index is 12.4. The van der Waals surface area contributed by atoms with Gasteiger partial charge in [-0.2, -0.15) is 0 Å². The van der Waals surface area contributed by atoms with Crippen LogP contribution in [0.25, 0.3) is 0 Å². The van der Waals surface area contributed by atoms with Gasteiger partial charge in [-0.05, 0) is 24.6 Å². The van der Waals surface area contributed by atoms with Gasteiger partial charge in [0.05, 0.1) is 11.9 Å². The molecule has 0 atom stereocenters. The normalized spacial score (nSPS) is 11.5. The highest BCUT2D eigenvalue weighted by Gasteiger charge is 2.16. The summed E-state index contributed by atoms with van der Waals surface area (Å²) in [5, 5.41) is 11.4. The minimum absolute atomic E-state index is 0.359. The van der Waals surface area contributed by atoms with Gasteiger partial charge in [-0.3, -0.25) is 14.8 Å². The van der Waals surface area contributed by atoms with Crippen LogP contribution in [0.3, 0.4) is 0 Å². The van der Waals surface area contributed by atoms with Crippen LogP contribution in [0.4, 0.5) is 10.8 Å². The van der Waals surface area contributed by atoms with Gasteiger partial charge in [-0.1, -0.05) is 43.0 Å². The van der Waals surface area contributed by atoms with Crippen molar-refractivity contribution in [3.8, 4) is 0 Å². The summed E-state index contributed by atoms with van der Waals surface area (Å²) < 4.78 is 26.0. The highest BCUT2D eigenvalue weighted by atomic mass is 32.2. The van der Waals surface area contributed by atoms with E-state index < -0.39 is 10.0 Å². The van der Waals surface area contributed by atoms with E-state index in [1.165, 1.54) is 11.3 Å². The Labute approximate surface area is 149 Å². The van der Waals surface area contributed by atoms with E-state index >= 15 is 0 Å². The first-order chi connectivity index (χ1) is 11.2. The molecular weight excluding hydrogens is 368 g/mol. The van der Waals surface area contributed by atoms with E-state index in [4.69, 9.17) is 0 Å². The molecule has 1 aromatic carbocycles. The molecule has 1 heterocycles. The molecule has 7 nitrogen and oxygen atoms in total. The molecule has 0 bridgehead atoms. The van der Waals surface area contributed by atoms with Crippen LogP contribution in [0, 0.1) is 6.92 Å². The summed E-state index contributed by atoms with van der Waals surface area (Å²) in [5.41, 5.74) is 1.29. The zero-order valence-electron chi connectivity index (χ0n) is 13.7. The van der Waals surface area contributed by atoms with Crippen LogP contribution in [0.15, 0.2) is 22.5 Å². The lowest BCUT2D eigenvalue weighted by Crippen LogP contribution is -2.16. The number of amides is 1. The number of thioether (sulfide) groups is 1. The molecule has 24 heavy (non-hydrogen) atoms. The van der Waals surface area contributed by atoms with E-state index in [-0.39, 0.29) is 5.91 Å². The molecule has 0 aliphatic rings. The molecule has 1 amide bonds. The number of carbonyl (C=O) groups is 1. The Bertz CT molecular complexity index is 847. The summed E-state index contributed by atoms with van der Waals surface area (Å²) >= 11 is 2.87. The molecule has 0 saturated heterocycles. The van der Waals surface area contributed by atoms with E-state index in [2.05, 4.69) is 20.2 Å². The highest BCUT2D eigenvalue weighted by Crippen LogP contribution is 2.29. The first kappa shape index (κ1) is 18.7. The van der Waals surface area contributed by atoms with Crippen molar-refractivity contribution in [1.29, 1.82) is 0 Å². The second kappa shape index (κ2) is 7.49. The molecule has 0 spiro atoms. The Kier molecular flexibility index (Phi) is 5.83. The molecule has 0 aliphatic heterocycles. The number of rotatable bonds is 6. The Morgan fingerprint density at radius 1 is 1.29 bits per heavy atom. The summed E-state index contributed by atoms with van der Waals surface area (Å²) in [6, 6.07) is 4.86. The summed E-state index contributed by atoms with van der Waals surface area (Å²) in [6.45, 7) is 5.78. The number of nitrogens with zero attached hydrogens (tertiary/aromatic N) is 2. The molecule has 10 heteroatoms. The number of sulfonamides is 1. The lowest BCUT2D eigenvalue weighted by atomic mass is 10.1. The topological polar surface area (TPSA) is 101 Å². The van der Waals surface area contributed by atoms with Crippen LogP contribution < -0.4 is 10.0 Å². The Balaban J connectivity index is 2.18. The van der Waals surface area contributed by atoms with E-state index in [1.54, 1.807) is 36.9 Å². The van der Waals surface area contributed by atoms with Crippen LogP contribution in [0.5, 0.6) is 0 Å². The molecule has 2 rings (SSSR count). The smallest absolute Gasteiger partial charge is 0.257 e. The zero-order chi connectivity index (χ0) is 17.9. The molecular formula is C14H18N4O3S3. The molecule has 0 aliphatic carbocycles. The molecule has 0 radical (unpaired) electrons. The van der Waals surface area contributed by atoms with Crippen LogP contribution in [-0.4, -0.2) is 36.0 Å². The second-order valence-corrected chi connectivity index (χ2v) is 9.90. The number of anilines is 2. The van der Waals surface area contributed by atoms with E-state index in [9.17, 15) is 13.2 Å². The van der Waals surface area contributed by atoms with Crippen molar-refractivity contribution in [1.82, 2.24) is 10.2 Å². The van der Waals surface area contributed by atoms with Crippen LogP contribution in [0.1, 0.15) is 29.8 Å². The molecule has 130 valence electrons. The van der Waals surface area contributed by atoms with Crippen molar-refractivity contribution in [2.75, 3.05) is 16.3 Å². The summed E-state index contributed by atoms with van der Waals surface area (Å²) in [7, 11) is -3.41. The van der Waals surface area contributed by atoms with Gasteiger partial charge in [0.25, 0.3) is 5.91 Å². The quantitative estimate of drug-likeness (QED) is 0.585. The zero-order valence-corrected chi connectivity index (χ0v) is 16.1. The number of benzene rings is 1. The fraction of sp³-hybridized carbons (Fsp3) is 0.357. The Morgan fingerprint density at radius 2 is 2.00 bits per heavy atom. The predicted molar refractivity (Wildman–Crippen MR) is 98.5 cm³/mol. The first-order valence-electron chi connectivity index (χ1n) is 7.04. The number of hydrogen-bond acceptors (Lipinski definition) is 7. The lowest BCUT2D eigenvalue weighted by molar-refractivity contribution is 0.102. The molecule has 0 fully saturated rings. The second-order valence-electron chi connectivity index (χ2n) is 5.35. The summed E-state index contributed by atoms with van der Waals surface area (Å²) in [5.74, 6) is -0.359. The average molecular weight is 387 g/mol. The molecule has 2 N–H and O–H groups in total. The van der Waals surface area contributed by atoms with E-state index in [1.807, 2.05) is 13.8 Å². The van der Waals surface area contributed by atoms with Crippen molar-refractivity contribution >= 4 is 49.8 Å². The number of aromatic nitrogens is 2. The molecule has 1 aromatic heterocycles. The molecule has 0 unspecified atom stereocenters. The lowest BCUT2D eigenvalue weighted by Gasteiger charge is -2.11. The minimum atomic E-state index is -3.41. The maximum Gasteiger partial charge on any atom is 0.257 e. The van der Waals surface area contributed by atoms with Gasteiger partial charge in [-0.15, -0.1) is 10.2 Å². The third-order valence-electron chi connectivity index (χ3n) is 2.84. The van der Waals surface area contributed by atoms with Gasteiger partial charge in [0, 0.05) is 10.8 Å². The van der Waals surface area contributed by atoms with Gasteiger partial charge in [0.2, 0.25) is 15.2 Å². The van der Waals surface area contributed by atoms with E-state index in [0.29, 0.717) is 27.2 Å². The van der Waals surface area contributed by atoms with Crippen LogP contribution in [0.2, 0.25) is 0 Å². The highest BCUT2D eigenvalue weighted by molar-refractivity contribution is 8.01. The third-order valence-corrected chi connectivity index (χ3v) is 5.35. The number of carbonyl (C=O) groups excluding carboxylic acids is 1. The van der Waals surface area contributed by atoms with Crippen LogP contribution >= 0.6 is 23.1 Å². The van der Waals surface area contributed by atoms with Gasteiger partial charge >= 0.3 is 0 Å². The summed E-state index contributed by atoms with van der Waals surface area (Å²) in [4.78, 5) is 12.4. The Hall–Kier alpha value is -1.65. The van der Waals surface area contributed by atoms with Crippen molar-refractivity contribution in [2.45, 2.75) is 30.4 Å². The van der Waals surface area contributed by atoms with Crippen molar-refractivity contribution in [3.63, 3.8) is 0 Å². The van der Waals surface area contributed by atoms with Gasteiger partial charge < -0.3 is 0 Å². The van der Waals surface area contributed by atoms with Crippen molar-refractivity contribution in [2.24, 2.45) is 0 Å². The fourth-order valence-electron chi connectivity index (χ4n) is 1.87. The standard InChI is InChI=1S/C14H18N4O3S3/c1-8(2)22-14-17-16-13(23-14)15-12(19)10-6-5-7-11(9(10)3)18-24(4,20)21/h5-8,18H,1-4H3,(H,15,16,19). The minimum Gasteiger partial charge on any atom is -0.296 e. The third kappa shape index (κ3) is 5.18. The first-order valence-corrected chi connectivity index (χ1v) is 10.6. The maximum absolute atomic E-state index is 12.4. The predicted octanol–water partition coefficient (Wildman–Crippen LogP) is 2.97. The number of hydrogen-bond donors (Lipinski definition) is 2. The number of nitrogens with one attached hydrogen (secondary N) is 2. The van der Waals surface area contributed by atoms with E-state index in [0.717, 1.165) is 10.6 Å². The fourth-order valence-corrected chi connectivity index (χ4v) is 4.46. The van der Waals surface area contributed by atoms with Crippen molar-refractivity contribution < 1.29 is 13.2 Å². The van der Waals surface area contributed by atoms with Crippen molar-refractivity contribution in [3.05, 3.63) is 29.3 Å². The summed E-state index contributed by atoms with van der Waals surface area (Å²) in [6.07, 6.45) is 1.06. The van der Waals surface area contributed by atoms with Gasteiger partial charge in [0.1, 0.15) is 0 Å². The largest absolute Gasteiger partial charge is 0.296 e.